The summed E-state index contributed by atoms with van der Waals surface area (Å²) in [6.45, 7) is 7.05. The van der Waals surface area contributed by atoms with Gasteiger partial charge in [-0.05, 0) is 42.9 Å². The van der Waals surface area contributed by atoms with E-state index in [0.29, 0.717) is 30.4 Å². The molecule has 3 aromatic rings. The van der Waals surface area contributed by atoms with E-state index in [0.717, 1.165) is 42.1 Å². The minimum Gasteiger partial charge on any atom is -0.382 e. The van der Waals surface area contributed by atoms with Crippen LogP contribution in [0.15, 0.2) is 48.5 Å². The van der Waals surface area contributed by atoms with Crippen molar-refractivity contribution in [3.63, 3.8) is 0 Å². The van der Waals surface area contributed by atoms with E-state index in [1.54, 1.807) is 4.90 Å². The van der Waals surface area contributed by atoms with Gasteiger partial charge in [-0.2, -0.15) is 5.10 Å². The number of rotatable bonds is 4. The zero-order valence-corrected chi connectivity index (χ0v) is 19.8. The topological polar surface area (TPSA) is 76.2 Å². The van der Waals surface area contributed by atoms with E-state index in [-0.39, 0.29) is 17.5 Å². The highest BCUT2D eigenvalue weighted by Crippen LogP contribution is 2.36. The first-order valence-corrected chi connectivity index (χ1v) is 11.6. The Morgan fingerprint density at radius 3 is 2.44 bits per heavy atom. The van der Waals surface area contributed by atoms with E-state index in [1.807, 2.05) is 39.0 Å². The van der Waals surface area contributed by atoms with Crippen LogP contribution < -0.4 is 11.1 Å². The maximum Gasteiger partial charge on any atom is 0.321 e. The van der Waals surface area contributed by atoms with Crippen LogP contribution in [-0.2, 0) is 11.8 Å². The van der Waals surface area contributed by atoms with Crippen molar-refractivity contribution in [2.24, 2.45) is 5.92 Å². The smallest absolute Gasteiger partial charge is 0.321 e. The second-order valence-electron chi connectivity index (χ2n) is 9.92. The van der Waals surface area contributed by atoms with E-state index in [4.69, 9.17) is 5.73 Å². The number of benzene rings is 2. The van der Waals surface area contributed by atoms with Crippen LogP contribution in [0.5, 0.6) is 0 Å². The summed E-state index contributed by atoms with van der Waals surface area (Å²) in [5, 5.41) is 7.37. The summed E-state index contributed by atoms with van der Waals surface area (Å²) in [7, 11) is 0. The van der Waals surface area contributed by atoms with Crippen molar-refractivity contribution in [3.05, 3.63) is 71.4 Å². The van der Waals surface area contributed by atoms with Gasteiger partial charge in [0, 0.05) is 24.6 Å². The Hall–Kier alpha value is -3.42. The van der Waals surface area contributed by atoms with Gasteiger partial charge >= 0.3 is 6.03 Å². The fourth-order valence-corrected chi connectivity index (χ4v) is 4.38. The first-order chi connectivity index (χ1) is 16.1. The first-order valence-electron chi connectivity index (χ1n) is 11.6. The van der Waals surface area contributed by atoms with Gasteiger partial charge in [-0.15, -0.1) is 0 Å². The Morgan fingerprint density at radius 2 is 1.79 bits per heavy atom. The lowest BCUT2D eigenvalue weighted by Crippen LogP contribution is -2.41. The number of likely N-dealkylation sites (tertiary alicyclic amines) is 1. The van der Waals surface area contributed by atoms with Gasteiger partial charge in [0.15, 0.2) is 5.82 Å². The van der Waals surface area contributed by atoms with Crippen LogP contribution in [0.3, 0.4) is 0 Å². The molecule has 0 atom stereocenters. The van der Waals surface area contributed by atoms with Gasteiger partial charge in [-0.3, -0.25) is 0 Å². The number of aromatic nitrogens is 2. The molecule has 0 unspecified atom stereocenters. The highest BCUT2D eigenvalue weighted by Gasteiger charge is 2.30. The molecule has 1 fully saturated rings. The molecule has 2 amide bonds. The second-order valence-corrected chi connectivity index (χ2v) is 9.92. The largest absolute Gasteiger partial charge is 0.382 e. The number of anilines is 2. The van der Waals surface area contributed by atoms with Crippen molar-refractivity contribution in [3.8, 4) is 5.69 Å². The van der Waals surface area contributed by atoms with Gasteiger partial charge in [-0.25, -0.2) is 18.3 Å². The number of carbonyl (C=O) groups excluding carboxylic acids is 1. The van der Waals surface area contributed by atoms with Crippen molar-refractivity contribution in [2.45, 2.75) is 45.4 Å². The van der Waals surface area contributed by atoms with E-state index in [2.05, 4.69) is 22.5 Å². The number of nitrogens with two attached hydrogens (primary N) is 1. The Kier molecular flexibility index (Phi) is 6.59. The Morgan fingerprint density at radius 1 is 1.12 bits per heavy atom. The quantitative estimate of drug-likeness (QED) is 0.531. The molecule has 1 aliphatic rings. The maximum atomic E-state index is 14.4. The fraction of sp³-hybridized carbons (Fsp3) is 0.385. The zero-order valence-electron chi connectivity index (χ0n) is 19.8. The zero-order chi connectivity index (χ0) is 24.5. The number of urea groups is 1. The van der Waals surface area contributed by atoms with Crippen LogP contribution >= 0.6 is 0 Å². The summed E-state index contributed by atoms with van der Waals surface area (Å²) in [6, 6.07) is 13.2. The molecule has 0 spiro atoms. The van der Waals surface area contributed by atoms with Crippen molar-refractivity contribution in [2.75, 3.05) is 24.1 Å². The first kappa shape index (κ1) is 23.7. The molecule has 8 heteroatoms. The van der Waals surface area contributed by atoms with E-state index in [1.165, 1.54) is 5.56 Å². The molecule has 0 aliphatic carbocycles. The minimum atomic E-state index is -0.658. The number of nitrogens with zero attached hydrogens (tertiary/aromatic N) is 3. The third kappa shape index (κ3) is 5.05. The number of nitrogens with one attached hydrogen (secondary N) is 1. The minimum absolute atomic E-state index is 0.0572. The molecular formula is C26H31F2N5O. The standard InChI is InChI=1S/C26H31F2N5O/c1-26(2,3)23-22(24(29)33(31-23)21-16-19(27)9-10-20(21)28)30-25(34)32-13-11-18(12-14-32)15-17-7-5-4-6-8-17/h4-10,16,18H,11-15,29H2,1-3H3,(H,30,34). The maximum absolute atomic E-state index is 14.4. The van der Waals surface area contributed by atoms with Crippen LogP contribution in [0.1, 0.15) is 44.9 Å². The van der Waals surface area contributed by atoms with E-state index in [9.17, 15) is 13.6 Å². The lowest BCUT2D eigenvalue weighted by molar-refractivity contribution is 0.182. The van der Waals surface area contributed by atoms with Crippen LogP contribution in [0, 0.1) is 17.6 Å². The predicted molar refractivity (Wildman–Crippen MR) is 130 cm³/mol. The highest BCUT2D eigenvalue weighted by molar-refractivity contribution is 5.93. The van der Waals surface area contributed by atoms with Crippen LogP contribution in [-0.4, -0.2) is 33.8 Å². The molecule has 2 heterocycles. The average Bonchev–Trinajstić information content (AvgIpc) is 3.13. The predicted octanol–water partition coefficient (Wildman–Crippen LogP) is 5.52. The van der Waals surface area contributed by atoms with Gasteiger partial charge in [0.25, 0.3) is 0 Å². The molecule has 1 aromatic heterocycles. The summed E-state index contributed by atoms with van der Waals surface area (Å²) >= 11 is 0. The van der Waals surface area contributed by atoms with Gasteiger partial charge in [0.2, 0.25) is 0 Å². The number of halogens is 2. The van der Waals surface area contributed by atoms with Crippen LogP contribution in [0.4, 0.5) is 25.1 Å². The normalized spacial score (nSPS) is 14.9. The molecular weight excluding hydrogens is 436 g/mol. The van der Waals surface area contributed by atoms with Crippen LogP contribution in [0.25, 0.3) is 5.69 Å². The molecule has 34 heavy (non-hydrogen) atoms. The number of amides is 2. The van der Waals surface area contributed by atoms with Crippen molar-refractivity contribution in [1.82, 2.24) is 14.7 Å². The highest BCUT2D eigenvalue weighted by atomic mass is 19.1. The molecule has 1 aliphatic heterocycles. The summed E-state index contributed by atoms with van der Waals surface area (Å²) in [4.78, 5) is 14.9. The van der Waals surface area contributed by atoms with E-state index < -0.39 is 17.0 Å². The fourth-order valence-electron chi connectivity index (χ4n) is 4.38. The molecule has 4 rings (SSSR count). The lowest BCUT2D eigenvalue weighted by atomic mass is 9.90. The number of carbonyl (C=O) groups is 1. The second kappa shape index (κ2) is 9.44. The number of hydrogen-bond acceptors (Lipinski definition) is 3. The number of piperidine rings is 1. The molecule has 2 aromatic carbocycles. The summed E-state index contributed by atoms with van der Waals surface area (Å²) < 4.78 is 29.4. The Labute approximate surface area is 198 Å². The van der Waals surface area contributed by atoms with Gasteiger partial charge in [-0.1, -0.05) is 51.1 Å². The van der Waals surface area contributed by atoms with Crippen LogP contribution in [0.2, 0.25) is 0 Å². The molecule has 1 saturated heterocycles. The lowest BCUT2D eigenvalue weighted by Gasteiger charge is -2.32. The third-order valence-electron chi connectivity index (χ3n) is 6.27. The van der Waals surface area contributed by atoms with Gasteiger partial charge in [0.1, 0.15) is 23.0 Å². The number of nitrogen functional groups attached to an aromatic ring is 1. The van der Waals surface area contributed by atoms with Gasteiger partial charge in [0.05, 0.1) is 5.69 Å². The Balaban J connectivity index is 1.51. The van der Waals surface area contributed by atoms with Crippen molar-refractivity contribution in [1.29, 1.82) is 0 Å². The summed E-state index contributed by atoms with van der Waals surface area (Å²) in [5.74, 6) is -0.677. The monoisotopic (exact) mass is 467 g/mol. The molecule has 0 bridgehead atoms. The molecule has 6 nitrogen and oxygen atoms in total. The average molecular weight is 468 g/mol. The van der Waals surface area contributed by atoms with E-state index >= 15 is 0 Å². The summed E-state index contributed by atoms with van der Waals surface area (Å²) in [5.41, 5.74) is 7.86. The van der Waals surface area contributed by atoms with Crippen molar-refractivity contribution >= 4 is 17.5 Å². The SMILES string of the molecule is CC(C)(C)c1nn(-c2cc(F)ccc2F)c(N)c1NC(=O)N1CCC(Cc2ccccc2)CC1. The molecule has 3 N–H and O–H groups in total. The third-order valence-corrected chi connectivity index (χ3v) is 6.27. The molecule has 180 valence electrons. The van der Waals surface area contributed by atoms with Crippen molar-refractivity contribution < 1.29 is 13.6 Å². The molecule has 0 saturated carbocycles. The van der Waals surface area contributed by atoms with Gasteiger partial charge < -0.3 is 16.0 Å². The Bertz CT molecular complexity index is 1160. The molecule has 0 radical (unpaired) electrons. The number of hydrogen-bond donors (Lipinski definition) is 2. The summed E-state index contributed by atoms with van der Waals surface area (Å²) in [6.07, 6.45) is 2.83.